The number of pyridine rings is 1. The molecule has 0 aliphatic heterocycles. The van der Waals surface area contributed by atoms with E-state index in [0.29, 0.717) is 25.1 Å². The number of carbonyl (C=O) groups is 2. The Kier molecular flexibility index (Phi) is 6.15. The minimum absolute atomic E-state index is 0.00573. The van der Waals surface area contributed by atoms with E-state index in [-0.39, 0.29) is 11.6 Å². The monoisotopic (exact) mass is 279 g/mol. The molecule has 0 bridgehead atoms. The first-order valence-electron chi connectivity index (χ1n) is 6.25. The summed E-state index contributed by atoms with van der Waals surface area (Å²) in [6.45, 7) is 2.26. The third kappa shape index (κ3) is 5.05. The molecular formula is C13H19N4O3+. The van der Waals surface area contributed by atoms with Crippen LogP contribution in [-0.2, 0) is 11.8 Å². The number of nitrogens with zero attached hydrogens (tertiary/aromatic N) is 2. The summed E-state index contributed by atoms with van der Waals surface area (Å²) < 4.78 is 1.84. The Labute approximate surface area is 117 Å². The van der Waals surface area contributed by atoms with Gasteiger partial charge in [-0.2, -0.15) is 0 Å². The van der Waals surface area contributed by atoms with E-state index >= 15 is 0 Å². The van der Waals surface area contributed by atoms with Crippen molar-refractivity contribution in [3.63, 3.8) is 0 Å². The molecule has 7 heteroatoms. The first-order chi connectivity index (χ1) is 9.54. The van der Waals surface area contributed by atoms with Crippen LogP contribution < -0.4 is 15.2 Å². The van der Waals surface area contributed by atoms with E-state index < -0.39 is 5.91 Å². The number of aromatic nitrogens is 1. The fourth-order valence-corrected chi connectivity index (χ4v) is 1.42. The molecule has 0 atom stereocenters. The molecule has 0 saturated carbocycles. The van der Waals surface area contributed by atoms with Crippen LogP contribution in [0.3, 0.4) is 0 Å². The van der Waals surface area contributed by atoms with Crippen LogP contribution in [0, 0.1) is 0 Å². The molecule has 20 heavy (non-hydrogen) atoms. The third-order valence-corrected chi connectivity index (χ3v) is 2.64. The Bertz CT molecular complexity index is 497. The van der Waals surface area contributed by atoms with Gasteiger partial charge in [-0.05, 0) is 13.3 Å². The number of oxime groups is 1. The molecule has 0 unspecified atom stereocenters. The molecule has 1 aromatic heterocycles. The second-order valence-corrected chi connectivity index (χ2v) is 4.30. The van der Waals surface area contributed by atoms with E-state index in [1.807, 2.05) is 11.6 Å². The van der Waals surface area contributed by atoms with Crippen molar-refractivity contribution < 1.29 is 19.4 Å². The highest BCUT2D eigenvalue weighted by Crippen LogP contribution is 1.94. The molecule has 0 aromatic carbocycles. The summed E-state index contributed by atoms with van der Waals surface area (Å²) >= 11 is 0. The maximum absolute atomic E-state index is 11.7. The standard InChI is InChI=1S/C13H18N4O3/c1-10(16-20)12(18)14-6-3-7-15-13(19)11-4-8-17(2)9-5-11/h4-5,8-9H,3,6-7H2,1-2H3,(H2-,14,15,18,19,20)/p+1. The molecule has 2 amide bonds. The van der Waals surface area contributed by atoms with Gasteiger partial charge in [0.2, 0.25) is 0 Å². The molecule has 108 valence electrons. The number of nitrogens with one attached hydrogen (secondary N) is 2. The summed E-state index contributed by atoms with van der Waals surface area (Å²) in [6, 6.07) is 3.47. The van der Waals surface area contributed by atoms with E-state index in [4.69, 9.17) is 5.21 Å². The largest absolute Gasteiger partial charge is 0.410 e. The molecule has 0 aliphatic carbocycles. The Morgan fingerprint density at radius 3 is 2.45 bits per heavy atom. The van der Waals surface area contributed by atoms with Gasteiger partial charge in [0, 0.05) is 25.2 Å². The number of amides is 2. The van der Waals surface area contributed by atoms with E-state index in [1.165, 1.54) is 6.92 Å². The van der Waals surface area contributed by atoms with Crippen molar-refractivity contribution in [1.29, 1.82) is 0 Å². The highest BCUT2D eigenvalue weighted by atomic mass is 16.4. The van der Waals surface area contributed by atoms with Gasteiger partial charge in [-0.25, -0.2) is 4.57 Å². The van der Waals surface area contributed by atoms with Gasteiger partial charge in [-0.15, -0.1) is 0 Å². The fraction of sp³-hybridized carbons (Fsp3) is 0.385. The SMILES string of the molecule is C/C(=N/O)C(=O)NCCCNC(=O)c1cc[n+](C)cc1. The Morgan fingerprint density at radius 1 is 1.25 bits per heavy atom. The molecular weight excluding hydrogens is 260 g/mol. The Hall–Kier alpha value is -2.44. The predicted molar refractivity (Wildman–Crippen MR) is 72.5 cm³/mol. The number of hydrogen-bond acceptors (Lipinski definition) is 4. The van der Waals surface area contributed by atoms with Crippen LogP contribution in [0.1, 0.15) is 23.7 Å². The van der Waals surface area contributed by atoms with Crippen molar-refractivity contribution in [1.82, 2.24) is 10.6 Å². The van der Waals surface area contributed by atoms with Crippen molar-refractivity contribution >= 4 is 17.5 Å². The zero-order valence-electron chi connectivity index (χ0n) is 11.6. The molecule has 0 aliphatic rings. The minimum atomic E-state index is -0.422. The lowest BCUT2D eigenvalue weighted by atomic mass is 10.2. The zero-order valence-corrected chi connectivity index (χ0v) is 11.6. The van der Waals surface area contributed by atoms with Crippen molar-refractivity contribution in [3.05, 3.63) is 30.1 Å². The van der Waals surface area contributed by atoms with E-state index in [2.05, 4.69) is 15.8 Å². The van der Waals surface area contributed by atoms with Crippen LogP contribution >= 0.6 is 0 Å². The number of carbonyl (C=O) groups excluding carboxylic acids is 2. The average molecular weight is 279 g/mol. The highest BCUT2D eigenvalue weighted by Gasteiger charge is 2.07. The Balaban J connectivity index is 2.23. The quantitative estimate of drug-likeness (QED) is 0.217. The maximum atomic E-state index is 11.7. The lowest BCUT2D eigenvalue weighted by Crippen LogP contribution is -2.33. The van der Waals surface area contributed by atoms with E-state index in [9.17, 15) is 9.59 Å². The van der Waals surface area contributed by atoms with Crippen LogP contribution in [0.15, 0.2) is 29.7 Å². The average Bonchev–Trinajstić information content (AvgIpc) is 2.46. The molecule has 0 radical (unpaired) electrons. The van der Waals surface area contributed by atoms with Crippen molar-refractivity contribution in [3.8, 4) is 0 Å². The summed E-state index contributed by atoms with van der Waals surface area (Å²) in [5.74, 6) is -0.570. The maximum Gasteiger partial charge on any atom is 0.268 e. The van der Waals surface area contributed by atoms with Gasteiger partial charge in [-0.1, -0.05) is 5.16 Å². The lowest BCUT2D eigenvalue weighted by Gasteiger charge is -2.06. The van der Waals surface area contributed by atoms with Crippen LogP contribution in [0.5, 0.6) is 0 Å². The second-order valence-electron chi connectivity index (χ2n) is 4.30. The molecule has 3 N–H and O–H groups in total. The smallest absolute Gasteiger partial charge is 0.268 e. The lowest BCUT2D eigenvalue weighted by molar-refractivity contribution is -0.671. The van der Waals surface area contributed by atoms with Gasteiger partial charge in [0.25, 0.3) is 11.8 Å². The molecule has 0 fully saturated rings. The van der Waals surface area contributed by atoms with Gasteiger partial charge in [0.1, 0.15) is 12.8 Å². The predicted octanol–water partition coefficient (Wildman–Crippen LogP) is -0.403. The summed E-state index contributed by atoms with van der Waals surface area (Å²) in [6.07, 6.45) is 4.19. The molecule has 0 spiro atoms. The van der Waals surface area contributed by atoms with Gasteiger partial charge in [0.05, 0.1) is 5.56 Å². The summed E-state index contributed by atoms with van der Waals surface area (Å²) in [5.41, 5.74) is 0.599. The first kappa shape index (κ1) is 15.6. The van der Waals surface area contributed by atoms with Crippen LogP contribution in [0.4, 0.5) is 0 Å². The molecule has 1 rings (SSSR count). The Morgan fingerprint density at radius 2 is 1.85 bits per heavy atom. The van der Waals surface area contributed by atoms with Gasteiger partial charge < -0.3 is 15.8 Å². The van der Waals surface area contributed by atoms with Crippen LogP contribution in [0.25, 0.3) is 0 Å². The normalized spacial score (nSPS) is 11.0. The topological polar surface area (TPSA) is 94.7 Å². The summed E-state index contributed by atoms with van der Waals surface area (Å²) in [5, 5.41) is 16.5. The second kappa shape index (κ2) is 7.88. The minimum Gasteiger partial charge on any atom is -0.410 e. The summed E-state index contributed by atoms with van der Waals surface area (Å²) in [4.78, 5) is 23.0. The highest BCUT2D eigenvalue weighted by molar-refractivity contribution is 6.37. The van der Waals surface area contributed by atoms with Crippen LogP contribution in [-0.4, -0.2) is 35.8 Å². The molecule has 0 saturated heterocycles. The van der Waals surface area contributed by atoms with Gasteiger partial charge in [0.15, 0.2) is 12.4 Å². The summed E-state index contributed by atoms with van der Waals surface area (Å²) in [7, 11) is 1.88. The third-order valence-electron chi connectivity index (χ3n) is 2.64. The zero-order chi connectivity index (χ0) is 15.0. The van der Waals surface area contributed by atoms with Crippen molar-refractivity contribution in [2.45, 2.75) is 13.3 Å². The molecule has 7 nitrogen and oxygen atoms in total. The molecule has 1 aromatic rings. The first-order valence-corrected chi connectivity index (χ1v) is 6.25. The van der Waals surface area contributed by atoms with Crippen LogP contribution in [0.2, 0.25) is 0 Å². The number of aryl methyl sites for hydroxylation is 1. The van der Waals surface area contributed by atoms with Gasteiger partial charge >= 0.3 is 0 Å². The van der Waals surface area contributed by atoms with Crippen molar-refractivity contribution in [2.24, 2.45) is 12.2 Å². The van der Waals surface area contributed by atoms with Crippen molar-refractivity contribution in [2.75, 3.05) is 13.1 Å². The van der Waals surface area contributed by atoms with E-state index in [1.54, 1.807) is 24.5 Å². The van der Waals surface area contributed by atoms with Gasteiger partial charge in [-0.3, -0.25) is 9.59 Å². The fourth-order valence-electron chi connectivity index (χ4n) is 1.42. The molecule has 1 heterocycles. The number of hydrogen-bond donors (Lipinski definition) is 3. The van der Waals surface area contributed by atoms with E-state index in [0.717, 1.165) is 0 Å². The number of rotatable bonds is 6.